The first-order chi connectivity index (χ1) is 12.5. The molecule has 0 aromatic heterocycles. The van der Waals surface area contributed by atoms with E-state index in [1.165, 1.54) is 30.3 Å². The van der Waals surface area contributed by atoms with Gasteiger partial charge in [0.25, 0.3) is 11.6 Å². The molecule has 9 heteroatoms. The maximum absolute atomic E-state index is 13.1. The number of carbonyl (C=O) groups excluding carboxylic acids is 2. The molecule has 2 heterocycles. The lowest BCUT2D eigenvalue weighted by atomic mass is 9.94. The van der Waals surface area contributed by atoms with Crippen LogP contribution in [0.4, 0.5) is 15.8 Å². The van der Waals surface area contributed by atoms with Gasteiger partial charge in [-0.15, -0.1) is 0 Å². The quantitative estimate of drug-likeness (QED) is 0.476. The van der Waals surface area contributed by atoms with Crippen molar-refractivity contribution in [2.75, 3.05) is 4.90 Å². The highest BCUT2D eigenvalue weighted by atomic mass is 19.1. The van der Waals surface area contributed by atoms with Crippen LogP contribution >= 0.6 is 0 Å². The Morgan fingerprint density at radius 2 is 1.85 bits per heavy atom. The van der Waals surface area contributed by atoms with E-state index in [0.29, 0.717) is 5.56 Å². The Morgan fingerprint density at radius 1 is 1.12 bits per heavy atom. The van der Waals surface area contributed by atoms with Crippen molar-refractivity contribution in [3.8, 4) is 0 Å². The predicted octanol–water partition coefficient (Wildman–Crippen LogP) is 2.03. The van der Waals surface area contributed by atoms with Crippen LogP contribution in [0.5, 0.6) is 0 Å². The molecule has 2 aromatic rings. The minimum Gasteiger partial charge on any atom is -0.381 e. The van der Waals surface area contributed by atoms with Crippen molar-refractivity contribution in [1.82, 2.24) is 0 Å². The molecule has 4 rings (SSSR count). The van der Waals surface area contributed by atoms with Gasteiger partial charge in [-0.25, -0.2) is 9.29 Å². The van der Waals surface area contributed by atoms with Gasteiger partial charge in [-0.3, -0.25) is 19.7 Å². The standard InChI is InChI=1S/C17H10FN3O5/c18-10-4-6-11(7-5-10)20-16(22)13-14(19-26-15(13)17(20)23)9-2-1-3-12(8-9)21(24)25/h1-8,13,15H. The van der Waals surface area contributed by atoms with Gasteiger partial charge < -0.3 is 4.84 Å². The first-order valence-electron chi connectivity index (χ1n) is 7.59. The number of anilines is 1. The Hall–Kier alpha value is -3.62. The molecule has 1 fully saturated rings. The SMILES string of the molecule is O=C1C2ON=C(c3cccc([N+](=O)[O-])c3)C2C(=O)N1c1ccc(F)cc1. The van der Waals surface area contributed by atoms with Crippen LogP contribution < -0.4 is 4.90 Å². The summed E-state index contributed by atoms with van der Waals surface area (Å²) >= 11 is 0. The molecule has 1 saturated heterocycles. The number of non-ortho nitro benzene ring substituents is 1. The molecule has 130 valence electrons. The lowest BCUT2D eigenvalue weighted by Crippen LogP contribution is -2.33. The van der Waals surface area contributed by atoms with E-state index in [0.717, 1.165) is 17.0 Å². The van der Waals surface area contributed by atoms with Gasteiger partial charge in [0, 0.05) is 17.7 Å². The van der Waals surface area contributed by atoms with Crippen molar-refractivity contribution in [2.45, 2.75) is 6.10 Å². The Kier molecular flexibility index (Phi) is 3.50. The highest BCUT2D eigenvalue weighted by molar-refractivity contribution is 6.32. The van der Waals surface area contributed by atoms with Gasteiger partial charge in [-0.05, 0) is 24.3 Å². The summed E-state index contributed by atoms with van der Waals surface area (Å²) in [6.07, 6.45) is -1.14. The fraction of sp³-hybridized carbons (Fsp3) is 0.118. The lowest BCUT2D eigenvalue weighted by Gasteiger charge is -2.15. The van der Waals surface area contributed by atoms with Crippen molar-refractivity contribution < 1.29 is 23.7 Å². The fourth-order valence-electron chi connectivity index (χ4n) is 3.04. The van der Waals surface area contributed by atoms with Crippen LogP contribution in [0.2, 0.25) is 0 Å². The second-order valence-corrected chi connectivity index (χ2v) is 5.78. The number of hydrogen-bond acceptors (Lipinski definition) is 6. The lowest BCUT2D eigenvalue weighted by molar-refractivity contribution is -0.384. The summed E-state index contributed by atoms with van der Waals surface area (Å²) in [5.41, 5.74) is 0.536. The Balaban J connectivity index is 1.70. The molecule has 0 bridgehead atoms. The number of oxime groups is 1. The van der Waals surface area contributed by atoms with Crippen LogP contribution in [0, 0.1) is 21.8 Å². The molecule has 26 heavy (non-hydrogen) atoms. The minimum atomic E-state index is -1.14. The number of rotatable bonds is 3. The van der Waals surface area contributed by atoms with Crippen LogP contribution in [0.15, 0.2) is 53.7 Å². The summed E-state index contributed by atoms with van der Waals surface area (Å²) in [4.78, 5) is 41.8. The van der Waals surface area contributed by atoms with Crippen LogP contribution in [0.25, 0.3) is 0 Å². The van der Waals surface area contributed by atoms with E-state index in [1.54, 1.807) is 6.07 Å². The number of halogens is 1. The van der Waals surface area contributed by atoms with Gasteiger partial charge in [-0.2, -0.15) is 0 Å². The maximum atomic E-state index is 13.1. The average molecular weight is 355 g/mol. The second kappa shape index (κ2) is 5.73. The smallest absolute Gasteiger partial charge is 0.278 e. The highest BCUT2D eigenvalue weighted by Crippen LogP contribution is 2.35. The van der Waals surface area contributed by atoms with Crippen molar-refractivity contribution in [3.63, 3.8) is 0 Å². The Labute approximate surface area is 145 Å². The number of amides is 2. The third kappa shape index (κ3) is 2.32. The van der Waals surface area contributed by atoms with Crippen molar-refractivity contribution in [1.29, 1.82) is 0 Å². The minimum absolute atomic E-state index is 0.154. The summed E-state index contributed by atoms with van der Waals surface area (Å²) < 4.78 is 13.1. The summed E-state index contributed by atoms with van der Waals surface area (Å²) in [5, 5.41) is 14.8. The highest BCUT2D eigenvalue weighted by Gasteiger charge is 2.56. The van der Waals surface area contributed by atoms with Crippen molar-refractivity contribution >= 4 is 28.9 Å². The molecule has 2 amide bonds. The largest absolute Gasteiger partial charge is 0.381 e. The average Bonchev–Trinajstić information content (AvgIpc) is 3.17. The molecule has 2 unspecified atom stereocenters. The zero-order chi connectivity index (χ0) is 18.4. The van der Waals surface area contributed by atoms with Gasteiger partial charge in [0.15, 0.2) is 0 Å². The first-order valence-corrected chi connectivity index (χ1v) is 7.59. The van der Waals surface area contributed by atoms with Gasteiger partial charge in [0.05, 0.1) is 10.6 Å². The monoisotopic (exact) mass is 355 g/mol. The number of imide groups is 1. The molecule has 0 aliphatic carbocycles. The van der Waals surface area contributed by atoms with Gasteiger partial charge in [0.2, 0.25) is 12.0 Å². The summed E-state index contributed by atoms with van der Waals surface area (Å²) in [6.45, 7) is 0. The van der Waals surface area contributed by atoms with Gasteiger partial charge in [0.1, 0.15) is 17.4 Å². The van der Waals surface area contributed by atoms with Crippen molar-refractivity contribution in [2.24, 2.45) is 11.1 Å². The van der Waals surface area contributed by atoms with E-state index in [1.807, 2.05) is 0 Å². The topological polar surface area (TPSA) is 102 Å². The molecule has 2 aromatic carbocycles. The molecule has 0 spiro atoms. The third-order valence-corrected chi connectivity index (χ3v) is 4.25. The zero-order valence-electron chi connectivity index (χ0n) is 13.0. The Morgan fingerprint density at radius 3 is 2.54 bits per heavy atom. The van der Waals surface area contributed by atoms with Crippen LogP contribution in [-0.2, 0) is 14.4 Å². The van der Waals surface area contributed by atoms with Crippen LogP contribution in [0.3, 0.4) is 0 Å². The summed E-state index contributed by atoms with van der Waals surface area (Å²) in [6, 6.07) is 10.5. The van der Waals surface area contributed by atoms with Crippen LogP contribution in [0.1, 0.15) is 5.56 Å². The molecule has 8 nitrogen and oxygen atoms in total. The summed E-state index contributed by atoms with van der Waals surface area (Å²) in [7, 11) is 0. The fourth-order valence-corrected chi connectivity index (χ4v) is 3.04. The maximum Gasteiger partial charge on any atom is 0.278 e. The number of nitro groups is 1. The van der Waals surface area contributed by atoms with E-state index < -0.39 is 34.6 Å². The molecule has 0 radical (unpaired) electrons. The number of hydrogen-bond donors (Lipinski definition) is 0. The molecule has 2 aliphatic heterocycles. The second-order valence-electron chi connectivity index (χ2n) is 5.78. The predicted molar refractivity (Wildman–Crippen MR) is 86.9 cm³/mol. The van der Waals surface area contributed by atoms with Crippen molar-refractivity contribution in [3.05, 3.63) is 70.0 Å². The van der Waals surface area contributed by atoms with E-state index in [-0.39, 0.29) is 17.1 Å². The van der Waals surface area contributed by atoms with E-state index in [9.17, 15) is 24.1 Å². The number of carbonyl (C=O) groups is 2. The Bertz CT molecular complexity index is 973. The van der Waals surface area contributed by atoms with E-state index in [2.05, 4.69) is 5.16 Å². The van der Waals surface area contributed by atoms with E-state index >= 15 is 0 Å². The molecule has 2 atom stereocenters. The number of nitro benzene ring substituents is 1. The van der Waals surface area contributed by atoms with E-state index in [4.69, 9.17) is 4.84 Å². The number of benzene rings is 2. The normalized spacial score (nSPS) is 21.4. The first kappa shape index (κ1) is 15.9. The number of nitrogens with zero attached hydrogens (tertiary/aromatic N) is 3. The van der Waals surface area contributed by atoms with Gasteiger partial charge >= 0.3 is 0 Å². The number of fused-ring (bicyclic) bond motifs is 1. The van der Waals surface area contributed by atoms with Crippen LogP contribution in [-0.4, -0.2) is 28.6 Å². The molecule has 0 saturated carbocycles. The van der Waals surface area contributed by atoms with Gasteiger partial charge in [-0.1, -0.05) is 17.3 Å². The molecule has 2 aliphatic rings. The molecular weight excluding hydrogens is 345 g/mol. The summed E-state index contributed by atoms with van der Waals surface area (Å²) in [5.74, 6) is -2.69. The zero-order valence-corrected chi connectivity index (χ0v) is 13.0. The molecular formula is C17H10FN3O5. The molecule has 0 N–H and O–H groups in total. The third-order valence-electron chi connectivity index (χ3n) is 4.25.